The van der Waals surface area contributed by atoms with Crippen LogP contribution in [0.3, 0.4) is 0 Å². The van der Waals surface area contributed by atoms with Crippen molar-refractivity contribution in [3.05, 3.63) is 30.3 Å². The molecule has 0 saturated heterocycles. The lowest BCUT2D eigenvalue weighted by molar-refractivity contribution is -0.0439. The third kappa shape index (κ3) is 4.37. The second kappa shape index (κ2) is 6.16. The molecule has 0 saturated carbocycles. The van der Waals surface area contributed by atoms with Crippen LogP contribution in [-0.2, 0) is 29.9 Å². The van der Waals surface area contributed by atoms with Gasteiger partial charge >= 0.3 is 31.1 Å². The number of rotatable bonds is 3. The Bertz CT molecular complexity index is 885. The molecule has 7 nitrogen and oxygen atoms in total. The van der Waals surface area contributed by atoms with Gasteiger partial charge in [-0.3, -0.25) is 5.14 Å². The molecule has 0 unspecified atom stereocenters. The van der Waals surface area contributed by atoms with E-state index in [0.29, 0.717) is 0 Å². The minimum atomic E-state index is -6.41. The fourth-order valence-electron chi connectivity index (χ4n) is 1.10. The van der Waals surface area contributed by atoms with E-state index in [-0.39, 0.29) is 0 Å². The molecule has 0 spiro atoms. The fourth-order valence-corrected chi connectivity index (χ4v) is 5.77. The van der Waals surface area contributed by atoms with Crippen LogP contribution in [0.1, 0.15) is 0 Å². The minimum absolute atomic E-state index is 0.745. The predicted octanol–water partition coefficient (Wildman–Crippen LogP) is 2.14. The third-order valence-electron chi connectivity index (χ3n) is 2.10. The molecule has 138 valence electrons. The quantitative estimate of drug-likeness (QED) is 0.753. The number of hydrogen-bond acceptors (Lipinski definition) is 4. The number of halogens is 6. The van der Waals surface area contributed by atoms with Crippen LogP contribution in [0.25, 0.3) is 0 Å². The molecular weight excluding hydrogens is 412 g/mol. The summed E-state index contributed by atoms with van der Waals surface area (Å²) in [7, 11) is -17.6. The maximum atomic E-state index is 12.4. The van der Waals surface area contributed by atoms with Crippen LogP contribution in [0, 0.1) is 0 Å². The summed E-state index contributed by atoms with van der Waals surface area (Å²) < 4.78 is 123. The van der Waals surface area contributed by atoms with Crippen LogP contribution in [0.4, 0.5) is 26.3 Å². The van der Waals surface area contributed by atoms with Gasteiger partial charge in [-0.25, -0.2) is 0 Å². The molecule has 0 aromatic heterocycles. The summed E-state index contributed by atoms with van der Waals surface area (Å²) in [6, 6.07) is 4.98. The number of hydrogen-bond donors (Lipinski definition) is 1. The Hall–Kier alpha value is -1.39. The summed E-state index contributed by atoms with van der Waals surface area (Å²) in [5.41, 5.74) is -12.0. The van der Waals surface area contributed by atoms with Crippen LogP contribution >= 0.6 is 0 Å². The summed E-state index contributed by atoms with van der Waals surface area (Å²) in [6.45, 7) is 0. The van der Waals surface area contributed by atoms with E-state index in [4.69, 9.17) is 5.14 Å². The molecule has 1 rings (SSSR count). The van der Waals surface area contributed by atoms with E-state index in [1.165, 1.54) is 6.07 Å². The molecule has 1 aromatic carbocycles. The van der Waals surface area contributed by atoms with Gasteiger partial charge < -0.3 is 0 Å². The first-order valence-electron chi connectivity index (χ1n) is 5.29. The average molecular weight is 419 g/mol. The largest absolute Gasteiger partial charge is 0.519 e. The SMILES string of the molecule is NS(=NS(=O)(=O)C(F)(F)F)(=NS(=O)(=O)C(F)(F)F)c1ccccc1. The van der Waals surface area contributed by atoms with Gasteiger partial charge in [0, 0.05) is 4.90 Å². The summed E-state index contributed by atoms with van der Waals surface area (Å²) in [4.78, 5) is -0.745. The van der Waals surface area contributed by atoms with Crippen molar-refractivity contribution in [3.8, 4) is 0 Å². The normalized spacial score (nSPS) is 14.3. The Balaban J connectivity index is 3.97. The molecule has 0 amide bonds. The highest BCUT2D eigenvalue weighted by Crippen LogP contribution is 2.30. The summed E-state index contributed by atoms with van der Waals surface area (Å²) in [6.07, 6.45) is 0. The molecule has 0 bridgehead atoms. The first-order chi connectivity index (χ1) is 10.5. The van der Waals surface area contributed by atoms with Gasteiger partial charge in [-0.1, -0.05) is 18.2 Å². The predicted molar refractivity (Wildman–Crippen MR) is 71.1 cm³/mol. The van der Waals surface area contributed by atoms with Crippen LogP contribution in [-0.4, -0.2) is 27.9 Å². The number of alkyl halides is 6. The molecule has 2 N–H and O–H groups in total. The number of nitrogens with two attached hydrogens (primary N) is 1. The van der Waals surface area contributed by atoms with E-state index in [1.54, 1.807) is 0 Å². The molecular formula is C8H7F6N3O4S3. The van der Waals surface area contributed by atoms with Gasteiger partial charge in [-0.2, -0.15) is 43.2 Å². The minimum Gasteiger partial charge on any atom is -0.256 e. The highest BCUT2D eigenvalue weighted by atomic mass is 32.3. The van der Waals surface area contributed by atoms with Crippen LogP contribution in [0.15, 0.2) is 42.8 Å². The Morgan fingerprint density at radius 2 is 1.08 bits per heavy atom. The lowest BCUT2D eigenvalue weighted by Crippen LogP contribution is -2.28. The van der Waals surface area contributed by atoms with E-state index < -0.39 is 45.8 Å². The van der Waals surface area contributed by atoms with Gasteiger partial charge in [0.2, 0.25) is 0 Å². The molecule has 24 heavy (non-hydrogen) atoms. The molecule has 0 aliphatic carbocycles. The lowest BCUT2D eigenvalue weighted by atomic mass is 10.4. The molecule has 0 aliphatic rings. The second-order valence-corrected chi connectivity index (χ2v) is 9.57. The maximum Gasteiger partial charge on any atom is 0.519 e. The zero-order valence-corrected chi connectivity index (χ0v) is 13.4. The average Bonchev–Trinajstić information content (AvgIpc) is 2.35. The van der Waals surface area contributed by atoms with Crippen molar-refractivity contribution in [1.82, 2.24) is 0 Å². The van der Waals surface area contributed by atoms with Crippen molar-refractivity contribution in [3.63, 3.8) is 0 Å². The highest BCUT2D eigenvalue weighted by molar-refractivity contribution is 8.08. The first kappa shape index (κ1) is 20.7. The Morgan fingerprint density at radius 3 is 1.38 bits per heavy atom. The van der Waals surface area contributed by atoms with Crippen molar-refractivity contribution in [2.45, 2.75) is 15.9 Å². The highest BCUT2D eigenvalue weighted by Gasteiger charge is 2.49. The van der Waals surface area contributed by atoms with Crippen LogP contribution < -0.4 is 5.14 Å². The fraction of sp³-hybridized carbons (Fsp3) is 0.250. The van der Waals surface area contributed by atoms with Gasteiger partial charge in [0.05, 0.1) is 9.81 Å². The van der Waals surface area contributed by atoms with E-state index in [0.717, 1.165) is 24.3 Å². The summed E-state index contributed by atoms with van der Waals surface area (Å²) >= 11 is 0. The van der Waals surface area contributed by atoms with E-state index in [2.05, 4.69) is 7.54 Å². The molecule has 0 fully saturated rings. The third-order valence-corrected chi connectivity index (χ3v) is 7.62. The molecule has 0 atom stereocenters. The van der Waals surface area contributed by atoms with Crippen molar-refractivity contribution in [2.75, 3.05) is 0 Å². The number of sulfonamides is 2. The Morgan fingerprint density at radius 1 is 0.750 bits per heavy atom. The zero-order chi connectivity index (χ0) is 19.0. The summed E-state index contributed by atoms with van der Waals surface area (Å²) in [5.74, 6) is 0. The zero-order valence-electron chi connectivity index (χ0n) is 11.0. The maximum absolute atomic E-state index is 12.4. The topological polar surface area (TPSA) is 119 Å². The van der Waals surface area contributed by atoms with Crippen molar-refractivity contribution in [2.24, 2.45) is 12.7 Å². The molecule has 1 aromatic rings. The second-order valence-electron chi connectivity index (χ2n) is 3.90. The molecule has 16 heteroatoms. The van der Waals surface area contributed by atoms with Crippen LogP contribution in [0.5, 0.6) is 0 Å². The number of nitrogens with zero attached hydrogens (tertiary/aromatic N) is 2. The van der Waals surface area contributed by atoms with E-state index in [1.807, 2.05) is 0 Å². The van der Waals surface area contributed by atoms with E-state index in [9.17, 15) is 43.2 Å². The van der Waals surface area contributed by atoms with Gasteiger partial charge in [-0.05, 0) is 12.1 Å². The standard InChI is InChI=1S/C8H7F6N3O4S3/c9-7(10,11)23(18,19)16-22(15,6-4-2-1-3-5-6)17-24(20,21)8(12,13)14/h1-5H,(H2,15,16,17). The Kier molecular flexibility index (Phi) is 5.30. The van der Waals surface area contributed by atoms with Crippen molar-refractivity contribution >= 4 is 29.9 Å². The summed E-state index contributed by atoms with van der Waals surface area (Å²) in [5, 5.41) is 5.18. The Labute approximate surface area is 132 Å². The van der Waals surface area contributed by atoms with Crippen LogP contribution in [0.2, 0.25) is 0 Å². The van der Waals surface area contributed by atoms with E-state index >= 15 is 0 Å². The van der Waals surface area contributed by atoms with Gasteiger partial charge in [-0.15, -0.1) is 7.54 Å². The van der Waals surface area contributed by atoms with Crippen molar-refractivity contribution < 1.29 is 43.2 Å². The van der Waals surface area contributed by atoms with Gasteiger partial charge in [0.25, 0.3) is 0 Å². The smallest absolute Gasteiger partial charge is 0.256 e. The molecule has 0 aliphatic heterocycles. The monoisotopic (exact) mass is 419 g/mol. The van der Waals surface area contributed by atoms with Crippen molar-refractivity contribution in [1.29, 1.82) is 0 Å². The first-order valence-corrected chi connectivity index (χ1v) is 9.78. The van der Waals surface area contributed by atoms with Gasteiger partial charge in [0.15, 0.2) is 0 Å². The molecule has 0 heterocycles. The van der Waals surface area contributed by atoms with Gasteiger partial charge in [0.1, 0.15) is 0 Å². The molecule has 0 radical (unpaired) electrons. The lowest BCUT2D eigenvalue weighted by Gasteiger charge is -2.13. The number of benzene rings is 1.